The zero-order valence-electron chi connectivity index (χ0n) is 11.0. The van der Waals surface area contributed by atoms with Gasteiger partial charge in [0.2, 0.25) is 11.6 Å². The number of nitrogens with two attached hydrogens (primary N) is 1. The van der Waals surface area contributed by atoms with Gasteiger partial charge in [-0.25, -0.2) is 0 Å². The van der Waals surface area contributed by atoms with Crippen LogP contribution in [0.1, 0.15) is 20.7 Å². The molecule has 2 aromatic rings. The van der Waals surface area contributed by atoms with Gasteiger partial charge in [-0.05, 0) is 12.1 Å². The monoisotopic (exact) mass is 280 g/mol. The van der Waals surface area contributed by atoms with Crippen LogP contribution in [0.25, 0.3) is 0 Å². The smallest absolute Gasteiger partial charge is 0.295 e. The fraction of sp³-hybridized carbons (Fsp3) is 0. The Morgan fingerprint density at radius 2 is 1.29 bits per heavy atom. The Kier molecular flexibility index (Phi) is 4.66. The first-order chi connectivity index (χ1) is 10.2. The first-order valence-corrected chi connectivity index (χ1v) is 6.11. The van der Waals surface area contributed by atoms with Gasteiger partial charge in [-0.1, -0.05) is 48.5 Å². The highest BCUT2D eigenvalue weighted by Crippen LogP contribution is 2.05. The maximum atomic E-state index is 12.0. The Labute approximate surface area is 121 Å². The number of Topliss-reactive ketones (excluding diaryl/α,β-unsaturated/α-hetero) is 1. The van der Waals surface area contributed by atoms with Crippen molar-refractivity contribution in [2.24, 2.45) is 21.2 Å². The Balaban J connectivity index is 2.15. The number of carbonyl (C=O) groups excluding carboxylic acids is 2. The van der Waals surface area contributed by atoms with Crippen molar-refractivity contribution >= 4 is 17.5 Å². The zero-order chi connectivity index (χ0) is 15.1. The quantitative estimate of drug-likeness (QED) is 0.233. The molecule has 2 rings (SSSR count). The summed E-state index contributed by atoms with van der Waals surface area (Å²) in [4.78, 5) is 23.8. The average Bonchev–Trinajstić information content (AvgIpc) is 2.56. The minimum absolute atomic E-state index is 0.328. The fourth-order valence-corrected chi connectivity index (χ4v) is 1.58. The van der Waals surface area contributed by atoms with Crippen LogP contribution in [-0.4, -0.2) is 17.5 Å². The molecule has 0 aliphatic carbocycles. The van der Waals surface area contributed by atoms with E-state index in [2.05, 4.69) is 15.3 Å². The Morgan fingerprint density at radius 3 is 1.81 bits per heavy atom. The van der Waals surface area contributed by atoms with Crippen LogP contribution >= 0.6 is 0 Å². The highest BCUT2D eigenvalue weighted by molar-refractivity contribution is 6.45. The molecule has 0 unspecified atom stereocenters. The van der Waals surface area contributed by atoms with Crippen molar-refractivity contribution in [1.29, 1.82) is 0 Å². The van der Waals surface area contributed by atoms with E-state index in [-0.39, 0.29) is 5.84 Å². The number of hydrogen-bond acceptors (Lipinski definition) is 4. The number of ketones is 1. The lowest BCUT2D eigenvalue weighted by Crippen LogP contribution is -2.14. The van der Waals surface area contributed by atoms with Crippen LogP contribution in [0, 0.1) is 0 Å². The van der Waals surface area contributed by atoms with Crippen LogP contribution < -0.4 is 5.84 Å². The maximum Gasteiger partial charge on any atom is 0.295 e. The largest absolute Gasteiger partial charge is 0.321 e. The second kappa shape index (κ2) is 6.85. The van der Waals surface area contributed by atoms with E-state index in [9.17, 15) is 9.59 Å². The molecule has 0 saturated heterocycles. The predicted molar refractivity (Wildman–Crippen MR) is 78.0 cm³/mol. The summed E-state index contributed by atoms with van der Waals surface area (Å²) in [5.41, 5.74) is 0.734. The summed E-state index contributed by atoms with van der Waals surface area (Å²) >= 11 is 0. The lowest BCUT2D eigenvalue weighted by molar-refractivity contribution is 0.0995. The van der Waals surface area contributed by atoms with Gasteiger partial charge in [0.1, 0.15) is 0 Å². The van der Waals surface area contributed by atoms with Gasteiger partial charge in [-0.15, -0.1) is 10.2 Å². The lowest BCUT2D eigenvalue weighted by atomic mass is 10.1. The number of amides is 1. The average molecular weight is 280 g/mol. The van der Waals surface area contributed by atoms with Gasteiger partial charge in [0.25, 0.3) is 5.91 Å². The number of hydrogen-bond donors (Lipinski definition) is 1. The van der Waals surface area contributed by atoms with E-state index in [1.54, 1.807) is 60.7 Å². The molecular formula is C15H12N4O2. The van der Waals surface area contributed by atoms with Crippen LogP contribution in [0.3, 0.4) is 0 Å². The number of hydrazone groups is 1. The van der Waals surface area contributed by atoms with Crippen molar-refractivity contribution in [2.45, 2.75) is 0 Å². The van der Waals surface area contributed by atoms with Crippen molar-refractivity contribution in [1.82, 2.24) is 0 Å². The molecule has 0 bridgehead atoms. The Hall–Kier alpha value is -3.15. The SMILES string of the molecule is NN=C(N=NC(=O)c1ccccc1)C(=O)c1ccccc1. The molecule has 0 aliphatic rings. The molecule has 6 heteroatoms. The number of carbonyl (C=O) groups is 2. The summed E-state index contributed by atoms with van der Waals surface area (Å²) in [5.74, 6) is 3.74. The molecule has 2 N–H and O–H groups in total. The summed E-state index contributed by atoms with van der Waals surface area (Å²) < 4.78 is 0. The topological polar surface area (TPSA) is 97.2 Å². The molecule has 0 spiro atoms. The van der Waals surface area contributed by atoms with E-state index in [4.69, 9.17) is 5.84 Å². The van der Waals surface area contributed by atoms with Gasteiger partial charge >= 0.3 is 0 Å². The van der Waals surface area contributed by atoms with Gasteiger partial charge in [0, 0.05) is 11.1 Å². The molecule has 6 nitrogen and oxygen atoms in total. The number of amidine groups is 1. The summed E-state index contributed by atoms with van der Waals surface area (Å²) in [6, 6.07) is 16.8. The number of rotatable bonds is 3. The minimum atomic E-state index is -0.572. The van der Waals surface area contributed by atoms with E-state index in [1.807, 2.05) is 0 Å². The van der Waals surface area contributed by atoms with Gasteiger partial charge < -0.3 is 5.84 Å². The van der Waals surface area contributed by atoms with Crippen LogP contribution in [0.5, 0.6) is 0 Å². The van der Waals surface area contributed by atoms with Gasteiger partial charge in [0.05, 0.1) is 0 Å². The van der Waals surface area contributed by atoms with E-state index < -0.39 is 11.7 Å². The molecule has 104 valence electrons. The standard InChI is InChI=1S/C15H12N4O2/c16-17-14(13(20)11-7-3-1-4-8-11)18-19-15(21)12-9-5-2-6-10-12/h1-10H,16H2. The molecule has 1 amide bonds. The third kappa shape index (κ3) is 3.66. The Bertz CT molecular complexity index is 694. The second-order valence-corrected chi connectivity index (χ2v) is 4.02. The van der Waals surface area contributed by atoms with Crippen LogP contribution in [0.15, 0.2) is 76.0 Å². The molecule has 0 radical (unpaired) electrons. The number of nitrogens with zero attached hydrogens (tertiary/aromatic N) is 3. The van der Waals surface area contributed by atoms with Crippen molar-refractivity contribution in [3.8, 4) is 0 Å². The lowest BCUT2D eigenvalue weighted by Gasteiger charge is -1.98. The zero-order valence-corrected chi connectivity index (χ0v) is 11.0. The van der Waals surface area contributed by atoms with Gasteiger partial charge in [0.15, 0.2) is 0 Å². The molecule has 0 aromatic heterocycles. The molecular weight excluding hydrogens is 268 g/mol. The highest BCUT2D eigenvalue weighted by Gasteiger charge is 2.14. The Morgan fingerprint density at radius 1 is 0.762 bits per heavy atom. The maximum absolute atomic E-state index is 12.0. The molecule has 0 fully saturated rings. The van der Waals surface area contributed by atoms with Gasteiger partial charge in [-0.2, -0.15) is 5.10 Å². The van der Waals surface area contributed by atoms with Crippen molar-refractivity contribution in [3.63, 3.8) is 0 Å². The molecule has 0 saturated carbocycles. The molecule has 2 aromatic carbocycles. The first-order valence-electron chi connectivity index (χ1n) is 6.11. The van der Waals surface area contributed by atoms with E-state index in [1.165, 1.54) is 0 Å². The van der Waals surface area contributed by atoms with Crippen LogP contribution in [0.4, 0.5) is 0 Å². The molecule has 0 aliphatic heterocycles. The van der Waals surface area contributed by atoms with Crippen molar-refractivity contribution in [3.05, 3.63) is 71.8 Å². The van der Waals surface area contributed by atoms with Crippen LogP contribution in [-0.2, 0) is 0 Å². The van der Waals surface area contributed by atoms with Crippen molar-refractivity contribution < 1.29 is 9.59 Å². The van der Waals surface area contributed by atoms with Crippen LogP contribution in [0.2, 0.25) is 0 Å². The predicted octanol–water partition coefficient (Wildman–Crippen LogP) is 2.43. The molecule has 0 heterocycles. The fourth-order valence-electron chi connectivity index (χ4n) is 1.58. The number of benzene rings is 2. The third-order valence-corrected chi connectivity index (χ3v) is 2.62. The minimum Gasteiger partial charge on any atom is -0.321 e. The summed E-state index contributed by atoms with van der Waals surface area (Å²) in [6.45, 7) is 0. The highest BCUT2D eigenvalue weighted by atomic mass is 16.2. The third-order valence-electron chi connectivity index (χ3n) is 2.62. The number of azo groups is 1. The molecule has 0 atom stereocenters. The normalized spacial score (nSPS) is 11.5. The summed E-state index contributed by atoms with van der Waals surface area (Å²) in [6.07, 6.45) is 0. The van der Waals surface area contributed by atoms with E-state index in [0.717, 1.165) is 0 Å². The van der Waals surface area contributed by atoms with Crippen molar-refractivity contribution in [2.75, 3.05) is 0 Å². The second-order valence-electron chi connectivity index (χ2n) is 4.02. The summed E-state index contributed by atoms with van der Waals surface area (Å²) in [7, 11) is 0. The van der Waals surface area contributed by atoms with E-state index >= 15 is 0 Å². The van der Waals surface area contributed by atoms with E-state index in [0.29, 0.717) is 11.1 Å². The summed E-state index contributed by atoms with van der Waals surface area (Å²) in [5, 5.41) is 10.3. The molecule has 21 heavy (non-hydrogen) atoms. The van der Waals surface area contributed by atoms with Gasteiger partial charge in [-0.3, -0.25) is 9.59 Å². The first kappa shape index (κ1) is 14.3.